The number of aliphatic hydroxyl groups excluding tert-OH is 2. The number of aromatic nitrogens is 3. The monoisotopic (exact) mass is 610 g/mol. The number of nitriles is 1. The van der Waals surface area contributed by atoms with Crippen molar-refractivity contribution in [2.45, 2.75) is 37.4 Å². The van der Waals surface area contributed by atoms with Crippen LogP contribution < -0.4 is 15.3 Å². The van der Waals surface area contributed by atoms with Gasteiger partial charge in [-0.1, -0.05) is 48.5 Å². The van der Waals surface area contributed by atoms with Crippen LogP contribution in [0.5, 0.6) is 5.75 Å². The Kier molecular flexibility index (Phi) is 10.1. The van der Waals surface area contributed by atoms with Crippen LogP contribution in [-0.4, -0.2) is 62.2 Å². The maximum atomic E-state index is 14.0. The van der Waals surface area contributed by atoms with E-state index in [4.69, 9.17) is 24.3 Å². The highest BCUT2D eigenvalue weighted by molar-refractivity contribution is 7.52. The summed E-state index contributed by atoms with van der Waals surface area (Å²) in [6.07, 6.45) is -2.53. The number of para-hydroxylation sites is 1. The van der Waals surface area contributed by atoms with E-state index < -0.39 is 44.2 Å². The number of hydrogen-bond donors (Lipinski definition) is 4. The van der Waals surface area contributed by atoms with Gasteiger partial charge in [-0.3, -0.25) is 9.32 Å². The van der Waals surface area contributed by atoms with Crippen LogP contribution >= 0.6 is 7.75 Å². The molecule has 2 aromatic carbocycles. The second-order valence-electron chi connectivity index (χ2n) is 9.41. The number of nitrogens with zero attached hydrogens (tertiary/aromatic N) is 4. The second-order valence-corrected chi connectivity index (χ2v) is 11.1. The third-order valence-corrected chi connectivity index (χ3v) is 8.12. The van der Waals surface area contributed by atoms with Crippen molar-refractivity contribution < 1.29 is 38.1 Å². The van der Waals surface area contributed by atoms with Gasteiger partial charge in [0.1, 0.15) is 55.1 Å². The van der Waals surface area contributed by atoms with Crippen LogP contribution in [0.15, 0.2) is 79.1 Å². The Morgan fingerprint density at radius 1 is 1.14 bits per heavy atom. The van der Waals surface area contributed by atoms with Crippen molar-refractivity contribution in [3.8, 4) is 11.8 Å². The third-order valence-electron chi connectivity index (χ3n) is 6.49. The molecule has 0 radical (unpaired) electrons. The van der Waals surface area contributed by atoms with Gasteiger partial charge in [0.25, 0.3) is 0 Å². The number of nitrogens with two attached hydrogens (primary N) is 1. The van der Waals surface area contributed by atoms with Crippen LogP contribution in [0.25, 0.3) is 5.52 Å². The van der Waals surface area contributed by atoms with Gasteiger partial charge in [-0.05, 0) is 36.8 Å². The Morgan fingerprint density at radius 3 is 2.47 bits per heavy atom. The van der Waals surface area contributed by atoms with Crippen molar-refractivity contribution in [3.05, 3.63) is 90.4 Å². The average molecular weight is 611 g/mol. The summed E-state index contributed by atoms with van der Waals surface area (Å²) >= 11 is 0. The van der Waals surface area contributed by atoms with Crippen molar-refractivity contribution in [2.75, 3.05) is 19.5 Å². The lowest BCUT2D eigenvalue weighted by atomic mass is 9.93. The minimum absolute atomic E-state index is 0.0211. The van der Waals surface area contributed by atoms with Gasteiger partial charge in [0.15, 0.2) is 5.82 Å². The zero-order valence-corrected chi connectivity index (χ0v) is 24.2. The van der Waals surface area contributed by atoms with E-state index in [0.29, 0.717) is 5.52 Å². The predicted octanol–water partition coefficient (Wildman–Crippen LogP) is 2.54. The first-order valence-electron chi connectivity index (χ1n) is 13.0. The molecule has 0 amide bonds. The summed E-state index contributed by atoms with van der Waals surface area (Å²) in [7, 11) is -3.35. The maximum absolute atomic E-state index is 14.0. The minimum atomic E-state index is -4.46. The van der Waals surface area contributed by atoms with E-state index in [1.54, 1.807) is 48.5 Å². The van der Waals surface area contributed by atoms with Gasteiger partial charge in [-0.15, -0.1) is 0 Å². The molecule has 14 nitrogen and oxygen atoms in total. The number of benzene rings is 2. The largest absolute Gasteiger partial charge is 0.460 e. The molecule has 2 heterocycles. The Bertz CT molecular complexity index is 1620. The second kappa shape index (κ2) is 13.7. The Morgan fingerprint density at radius 2 is 1.81 bits per heavy atom. The number of carbonyl (C=O) groups is 1. The topological polar surface area (TPSA) is 204 Å². The Hall–Kier alpha value is -4.35. The highest BCUT2D eigenvalue weighted by Gasteiger charge is 2.47. The first kappa shape index (κ1) is 31.6. The van der Waals surface area contributed by atoms with Gasteiger partial charge in [0, 0.05) is 7.11 Å². The number of hydrogen-bond acceptors (Lipinski definition) is 12. The zero-order valence-electron chi connectivity index (χ0n) is 23.3. The smallest absolute Gasteiger partial charge is 0.459 e. The molecule has 43 heavy (non-hydrogen) atoms. The molecule has 1 unspecified atom stereocenters. The number of anilines is 1. The van der Waals surface area contributed by atoms with Gasteiger partial charge in [-0.2, -0.15) is 15.4 Å². The summed E-state index contributed by atoms with van der Waals surface area (Å²) in [5.74, 6) is -0.494. The Balaban J connectivity index is 1.54. The molecule has 5 atom stereocenters. The number of rotatable bonds is 14. The van der Waals surface area contributed by atoms with Crippen LogP contribution in [0.4, 0.5) is 5.82 Å². The summed E-state index contributed by atoms with van der Waals surface area (Å²) in [6.45, 7) is 0.518. The number of methoxy groups -OCH3 is 1. The standard InChI is InChI=1S/C28H31N6O8P/c1-19(27(37)40-15-20-9-5-3-6-10-20)33-43(38,42-21-11-7-4-8-12-21)41-17-28(16-29,39-2)25(36)24(35)22-13-14-23-26(30)31-18-32-34(22)23/h3-14,18-19,24-25,35-36H,15,17H2,1-2H3,(H,33,38)(H2,30,31,32)/t19-,24-,25-,28+,43?/m0/s1. The van der Waals surface area contributed by atoms with Crippen LogP contribution in [-0.2, 0) is 30.0 Å². The number of aliphatic hydroxyl groups is 2. The minimum Gasteiger partial charge on any atom is -0.460 e. The summed E-state index contributed by atoms with van der Waals surface area (Å²) in [5.41, 5.74) is 4.77. The lowest BCUT2D eigenvalue weighted by Crippen LogP contribution is -2.50. The Labute approximate surface area is 247 Å². The van der Waals surface area contributed by atoms with Gasteiger partial charge < -0.3 is 29.9 Å². The molecule has 0 aliphatic carbocycles. The van der Waals surface area contributed by atoms with Gasteiger partial charge >= 0.3 is 13.7 Å². The maximum Gasteiger partial charge on any atom is 0.459 e. The molecule has 15 heteroatoms. The predicted molar refractivity (Wildman–Crippen MR) is 153 cm³/mol. The van der Waals surface area contributed by atoms with Crippen LogP contribution in [0.2, 0.25) is 0 Å². The van der Waals surface area contributed by atoms with E-state index in [-0.39, 0.29) is 23.9 Å². The van der Waals surface area contributed by atoms with Crippen LogP contribution in [0.1, 0.15) is 24.3 Å². The molecule has 2 aromatic heterocycles. The molecule has 0 bridgehead atoms. The molecule has 226 valence electrons. The van der Waals surface area contributed by atoms with E-state index in [1.807, 2.05) is 6.07 Å². The van der Waals surface area contributed by atoms with Crippen molar-refractivity contribution in [2.24, 2.45) is 0 Å². The molecule has 4 rings (SSSR count). The van der Waals surface area contributed by atoms with Crippen LogP contribution in [0.3, 0.4) is 0 Å². The van der Waals surface area contributed by atoms with Gasteiger partial charge in [0.2, 0.25) is 5.60 Å². The van der Waals surface area contributed by atoms with Crippen molar-refractivity contribution >= 4 is 25.1 Å². The molecule has 0 fully saturated rings. The lowest BCUT2D eigenvalue weighted by molar-refractivity contribution is -0.146. The molecule has 0 saturated heterocycles. The molecule has 5 N–H and O–H groups in total. The molecule has 0 aliphatic heterocycles. The number of nitrogens with one attached hydrogen (secondary N) is 1. The van der Waals surface area contributed by atoms with Crippen molar-refractivity contribution in [1.82, 2.24) is 19.7 Å². The first-order chi connectivity index (χ1) is 20.6. The zero-order chi connectivity index (χ0) is 31.0. The number of carbonyl (C=O) groups excluding carboxylic acids is 1. The number of fused-ring (bicyclic) bond motifs is 1. The highest BCUT2D eigenvalue weighted by atomic mass is 31.2. The first-order valence-corrected chi connectivity index (χ1v) is 14.5. The summed E-state index contributed by atoms with van der Waals surface area (Å²) in [5, 5.41) is 38.9. The molecule has 0 saturated carbocycles. The number of nitrogen functional groups attached to an aromatic ring is 1. The third kappa shape index (κ3) is 7.36. The fourth-order valence-electron chi connectivity index (χ4n) is 4.06. The van der Waals surface area contributed by atoms with Gasteiger partial charge in [0.05, 0.1) is 5.69 Å². The summed E-state index contributed by atoms with van der Waals surface area (Å²) in [6, 6.07) is 20.5. The van der Waals surface area contributed by atoms with Crippen LogP contribution in [0, 0.1) is 11.3 Å². The molecule has 0 spiro atoms. The summed E-state index contributed by atoms with van der Waals surface area (Å²) < 4.78 is 37.1. The highest BCUT2D eigenvalue weighted by Crippen LogP contribution is 2.46. The lowest BCUT2D eigenvalue weighted by Gasteiger charge is -2.33. The molecular weight excluding hydrogens is 579 g/mol. The van der Waals surface area contributed by atoms with Gasteiger partial charge in [-0.25, -0.2) is 14.1 Å². The van der Waals surface area contributed by atoms with E-state index in [1.165, 1.54) is 35.7 Å². The van der Waals surface area contributed by atoms with E-state index in [9.17, 15) is 24.8 Å². The van der Waals surface area contributed by atoms with Crippen molar-refractivity contribution in [3.63, 3.8) is 0 Å². The SMILES string of the molecule is CO[C@](C#N)(COP(=O)(N[C@@H](C)C(=O)OCc1ccccc1)Oc1ccccc1)[C@@H](O)[C@@H](O)c1ccc2c(N)ncnn12. The molecule has 0 aliphatic rings. The number of esters is 1. The normalized spacial score (nSPS) is 16.3. The van der Waals surface area contributed by atoms with E-state index >= 15 is 0 Å². The summed E-state index contributed by atoms with van der Waals surface area (Å²) in [4.78, 5) is 16.6. The molecule has 4 aromatic rings. The van der Waals surface area contributed by atoms with E-state index in [2.05, 4.69) is 15.2 Å². The number of ether oxygens (including phenoxy) is 2. The average Bonchev–Trinajstić information content (AvgIpc) is 3.46. The van der Waals surface area contributed by atoms with E-state index in [0.717, 1.165) is 19.0 Å². The quantitative estimate of drug-likeness (QED) is 0.120. The van der Waals surface area contributed by atoms with Crippen molar-refractivity contribution in [1.29, 1.82) is 5.26 Å². The molecular formula is C28H31N6O8P. The fourth-order valence-corrected chi connectivity index (χ4v) is 5.58. The fraction of sp³-hybridized carbons (Fsp3) is 0.286.